The second-order valence-corrected chi connectivity index (χ2v) is 5.71. The average molecular weight is 337 g/mol. The Morgan fingerprint density at radius 2 is 2.00 bits per heavy atom. The Bertz CT molecular complexity index is 904. The van der Waals surface area contributed by atoms with Crippen molar-refractivity contribution in [1.82, 2.24) is 20.2 Å². The molecule has 1 amide bonds. The van der Waals surface area contributed by atoms with Gasteiger partial charge in [-0.25, -0.2) is 0 Å². The van der Waals surface area contributed by atoms with Gasteiger partial charge < -0.3 is 10.1 Å². The summed E-state index contributed by atoms with van der Waals surface area (Å²) >= 11 is 0. The number of amides is 1. The van der Waals surface area contributed by atoms with Gasteiger partial charge in [-0.05, 0) is 42.3 Å². The van der Waals surface area contributed by atoms with E-state index in [4.69, 9.17) is 4.74 Å². The Kier molecular flexibility index (Phi) is 4.74. The lowest BCUT2D eigenvalue weighted by atomic mass is 10.1. The molecule has 1 N–H and O–H groups in total. The number of carbonyl (C=O) groups is 1. The maximum absolute atomic E-state index is 12.3. The highest BCUT2D eigenvalue weighted by Crippen LogP contribution is 2.25. The second kappa shape index (κ2) is 7.12. The van der Waals surface area contributed by atoms with Crippen molar-refractivity contribution in [3.05, 3.63) is 53.6 Å². The number of aryl methyl sites for hydroxylation is 2. The zero-order valence-corrected chi connectivity index (χ0v) is 14.4. The SMILES string of the molecule is COc1ccc(C)cc1NC(=O)Cn1nnc(-c2ccccc2C)n1. The standard InChI is InChI=1S/C18H19N5O2/c1-12-8-9-16(25-3)15(10-12)19-17(24)11-23-21-18(20-22-23)14-7-5-4-6-13(14)2/h4-10H,11H2,1-3H3,(H,19,24). The van der Waals surface area contributed by atoms with E-state index in [0.717, 1.165) is 16.7 Å². The summed E-state index contributed by atoms with van der Waals surface area (Å²) in [6.07, 6.45) is 0. The number of anilines is 1. The van der Waals surface area contributed by atoms with Crippen molar-refractivity contribution in [2.24, 2.45) is 0 Å². The van der Waals surface area contributed by atoms with E-state index in [1.54, 1.807) is 7.11 Å². The van der Waals surface area contributed by atoms with E-state index in [0.29, 0.717) is 17.3 Å². The Hall–Kier alpha value is -3.22. The van der Waals surface area contributed by atoms with Gasteiger partial charge in [-0.1, -0.05) is 30.3 Å². The number of hydrogen-bond donors (Lipinski definition) is 1. The number of benzene rings is 2. The van der Waals surface area contributed by atoms with Crippen LogP contribution in [0, 0.1) is 13.8 Å². The number of nitrogens with zero attached hydrogens (tertiary/aromatic N) is 4. The van der Waals surface area contributed by atoms with Crippen LogP contribution in [0.1, 0.15) is 11.1 Å². The third kappa shape index (κ3) is 3.82. The molecule has 0 saturated carbocycles. The van der Waals surface area contributed by atoms with Gasteiger partial charge in [0.15, 0.2) is 0 Å². The van der Waals surface area contributed by atoms with E-state index in [1.165, 1.54) is 4.80 Å². The predicted octanol–water partition coefficient (Wildman–Crippen LogP) is 2.60. The number of aromatic nitrogens is 4. The van der Waals surface area contributed by atoms with Gasteiger partial charge in [-0.3, -0.25) is 4.79 Å². The molecule has 0 aliphatic rings. The first-order chi connectivity index (χ1) is 12.1. The first kappa shape index (κ1) is 16.6. The molecule has 0 saturated heterocycles. The molecule has 128 valence electrons. The van der Waals surface area contributed by atoms with E-state index >= 15 is 0 Å². The Morgan fingerprint density at radius 3 is 2.76 bits per heavy atom. The minimum Gasteiger partial charge on any atom is -0.495 e. The number of tetrazole rings is 1. The van der Waals surface area contributed by atoms with E-state index in [9.17, 15) is 4.79 Å². The molecule has 0 unspecified atom stereocenters. The molecular weight excluding hydrogens is 318 g/mol. The summed E-state index contributed by atoms with van der Waals surface area (Å²) in [6.45, 7) is 3.89. The van der Waals surface area contributed by atoms with E-state index in [-0.39, 0.29) is 12.5 Å². The van der Waals surface area contributed by atoms with E-state index in [1.807, 2.05) is 56.3 Å². The summed E-state index contributed by atoms with van der Waals surface area (Å²) in [7, 11) is 1.56. The third-order valence-corrected chi connectivity index (χ3v) is 3.75. The number of nitrogens with one attached hydrogen (secondary N) is 1. The zero-order chi connectivity index (χ0) is 17.8. The number of methoxy groups -OCH3 is 1. The van der Waals surface area contributed by atoms with Crippen molar-refractivity contribution in [3.63, 3.8) is 0 Å². The molecule has 3 rings (SSSR count). The summed E-state index contributed by atoms with van der Waals surface area (Å²) in [5.41, 5.74) is 3.59. The lowest BCUT2D eigenvalue weighted by molar-refractivity contribution is -0.117. The summed E-state index contributed by atoms with van der Waals surface area (Å²) < 4.78 is 5.26. The molecule has 25 heavy (non-hydrogen) atoms. The van der Waals surface area contributed by atoms with Crippen molar-refractivity contribution in [1.29, 1.82) is 0 Å². The molecule has 0 fully saturated rings. The lowest BCUT2D eigenvalue weighted by Crippen LogP contribution is -2.20. The van der Waals surface area contributed by atoms with Crippen LogP contribution in [-0.4, -0.2) is 33.2 Å². The first-order valence-corrected chi connectivity index (χ1v) is 7.85. The fourth-order valence-electron chi connectivity index (χ4n) is 2.48. The minimum atomic E-state index is -0.252. The van der Waals surface area contributed by atoms with Gasteiger partial charge in [0.05, 0.1) is 12.8 Å². The highest BCUT2D eigenvalue weighted by molar-refractivity contribution is 5.92. The molecule has 0 spiro atoms. The average Bonchev–Trinajstić information content (AvgIpc) is 3.03. The van der Waals surface area contributed by atoms with Crippen LogP contribution in [0.5, 0.6) is 5.75 Å². The monoisotopic (exact) mass is 337 g/mol. The summed E-state index contributed by atoms with van der Waals surface area (Å²) in [6, 6.07) is 13.4. The quantitative estimate of drug-likeness (QED) is 0.774. The Balaban J connectivity index is 1.72. The van der Waals surface area contributed by atoms with Crippen molar-refractivity contribution in [2.75, 3.05) is 12.4 Å². The molecule has 0 aliphatic carbocycles. The second-order valence-electron chi connectivity index (χ2n) is 5.71. The lowest BCUT2D eigenvalue weighted by Gasteiger charge is -2.10. The molecule has 7 heteroatoms. The van der Waals surface area contributed by atoms with Gasteiger partial charge in [0.2, 0.25) is 11.7 Å². The fourth-order valence-corrected chi connectivity index (χ4v) is 2.48. The predicted molar refractivity (Wildman–Crippen MR) is 94.4 cm³/mol. The van der Waals surface area contributed by atoms with Crippen LogP contribution in [0.25, 0.3) is 11.4 Å². The maximum atomic E-state index is 12.3. The first-order valence-electron chi connectivity index (χ1n) is 7.85. The molecule has 0 radical (unpaired) electrons. The van der Waals surface area contributed by atoms with Gasteiger partial charge in [-0.2, -0.15) is 4.80 Å². The van der Waals surface area contributed by atoms with E-state index in [2.05, 4.69) is 20.7 Å². The molecule has 0 atom stereocenters. The van der Waals surface area contributed by atoms with E-state index < -0.39 is 0 Å². The minimum absolute atomic E-state index is 0.0318. The van der Waals surface area contributed by atoms with Gasteiger partial charge in [-0.15, -0.1) is 10.2 Å². The molecule has 3 aromatic rings. The maximum Gasteiger partial charge on any atom is 0.248 e. The summed E-state index contributed by atoms with van der Waals surface area (Å²) in [5, 5.41) is 15.1. The van der Waals surface area contributed by atoms with Crippen molar-refractivity contribution in [3.8, 4) is 17.1 Å². The third-order valence-electron chi connectivity index (χ3n) is 3.75. The summed E-state index contributed by atoms with van der Waals surface area (Å²) in [4.78, 5) is 13.6. The highest BCUT2D eigenvalue weighted by Gasteiger charge is 2.12. The van der Waals surface area contributed by atoms with Crippen molar-refractivity contribution < 1.29 is 9.53 Å². The number of ether oxygens (including phenoxy) is 1. The smallest absolute Gasteiger partial charge is 0.248 e. The molecule has 1 aromatic heterocycles. The number of carbonyl (C=O) groups excluding carboxylic acids is 1. The van der Waals surface area contributed by atoms with Gasteiger partial charge >= 0.3 is 0 Å². The number of hydrogen-bond acceptors (Lipinski definition) is 5. The van der Waals surface area contributed by atoms with Gasteiger partial charge in [0.25, 0.3) is 0 Å². The molecule has 0 aliphatic heterocycles. The van der Waals surface area contributed by atoms with Crippen molar-refractivity contribution >= 4 is 11.6 Å². The highest BCUT2D eigenvalue weighted by atomic mass is 16.5. The van der Waals surface area contributed by atoms with Crippen LogP contribution in [0.15, 0.2) is 42.5 Å². The van der Waals surface area contributed by atoms with Crippen molar-refractivity contribution in [2.45, 2.75) is 20.4 Å². The largest absolute Gasteiger partial charge is 0.495 e. The van der Waals surface area contributed by atoms with Gasteiger partial charge in [0.1, 0.15) is 12.3 Å². The molecule has 0 bridgehead atoms. The topological polar surface area (TPSA) is 81.9 Å². The van der Waals surface area contributed by atoms with Crippen LogP contribution < -0.4 is 10.1 Å². The molecular formula is C18H19N5O2. The molecule has 7 nitrogen and oxygen atoms in total. The van der Waals surface area contributed by atoms with Crippen LogP contribution in [-0.2, 0) is 11.3 Å². The van der Waals surface area contributed by atoms with Crippen LogP contribution >= 0.6 is 0 Å². The molecule has 2 aromatic carbocycles. The molecule has 1 heterocycles. The summed E-state index contributed by atoms with van der Waals surface area (Å²) in [5.74, 6) is 0.850. The number of rotatable bonds is 5. The Morgan fingerprint density at radius 1 is 1.20 bits per heavy atom. The van der Waals surface area contributed by atoms with Crippen LogP contribution in [0.3, 0.4) is 0 Å². The Labute approximate surface area is 145 Å². The fraction of sp³-hybridized carbons (Fsp3) is 0.222. The zero-order valence-electron chi connectivity index (χ0n) is 14.4. The van der Waals surface area contributed by atoms with Gasteiger partial charge in [0, 0.05) is 5.56 Å². The van der Waals surface area contributed by atoms with Crippen LogP contribution in [0.2, 0.25) is 0 Å². The normalized spacial score (nSPS) is 10.5. The van der Waals surface area contributed by atoms with Crippen LogP contribution in [0.4, 0.5) is 5.69 Å².